The van der Waals surface area contributed by atoms with Gasteiger partial charge in [-0.25, -0.2) is 4.79 Å². The molecule has 0 fully saturated rings. The maximum Gasteiger partial charge on any atom is 0.372 e. The van der Waals surface area contributed by atoms with Crippen LogP contribution in [-0.2, 0) is 20.9 Å². The molecule has 0 spiro atoms. The number of carboxylic acid groups (broad SMARTS) is 1. The fraction of sp³-hybridized carbons (Fsp3) is 0.0952. The Bertz CT molecular complexity index is 1010. The molecule has 5 nitrogen and oxygen atoms in total. The van der Waals surface area contributed by atoms with Crippen molar-refractivity contribution in [2.45, 2.75) is 13.0 Å². The van der Waals surface area contributed by atoms with E-state index in [2.05, 4.69) is 0 Å². The van der Waals surface area contributed by atoms with E-state index in [1.165, 1.54) is 4.90 Å². The van der Waals surface area contributed by atoms with E-state index in [1.54, 1.807) is 24.3 Å². The number of aliphatic carboxylic acids is 1. The third kappa shape index (κ3) is 4.51. The van der Waals surface area contributed by atoms with Crippen molar-refractivity contribution in [3.63, 3.8) is 0 Å². The number of rotatable bonds is 6. The highest BCUT2D eigenvalue weighted by molar-refractivity contribution is 6.37. The van der Waals surface area contributed by atoms with Gasteiger partial charge in [-0.1, -0.05) is 48.0 Å². The van der Waals surface area contributed by atoms with Crippen LogP contribution < -0.4 is 4.90 Å². The lowest BCUT2D eigenvalue weighted by atomic mass is 10.1. The van der Waals surface area contributed by atoms with Crippen molar-refractivity contribution >= 4 is 45.7 Å². The van der Waals surface area contributed by atoms with Gasteiger partial charge in [-0.2, -0.15) is 0 Å². The molecular formula is C21H16ClNO4. The number of ketones is 1. The van der Waals surface area contributed by atoms with Gasteiger partial charge in [0, 0.05) is 10.7 Å². The minimum absolute atomic E-state index is 0.207. The topological polar surface area (TPSA) is 74.7 Å². The smallest absolute Gasteiger partial charge is 0.372 e. The molecule has 0 heterocycles. The molecule has 3 aromatic carbocycles. The van der Waals surface area contributed by atoms with Gasteiger partial charge in [0.1, 0.15) is 0 Å². The molecule has 0 aromatic heterocycles. The standard InChI is InChI=1S/C21H16ClNO4/c22-17-7-9-18(10-8-17)23(20(25)12-19(24)21(26)27)13-14-5-6-15-3-1-2-4-16(15)11-14/h1-11H,12-13H2,(H,26,27). The van der Waals surface area contributed by atoms with Gasteiger partial charge in [0.05, 0.1) is 13.0 Å². The number of anilines is 1. The van der Waals surface area contributed by atoms with Gasteiger partial charge in [-0.15, -0.1) is 0 Å². The number of benzene rings is 3. The van der Waals surface area contributed by atoms with Crippen molar-refractivity contribution in [3.05, 3.63) is 77.3 Å². The van der Waals surface area contributed by atoms with Crippen LogP contribution in [0.25, 0.3) is 10.8 Å². The zero-order chi connectivity index (χ0) is 19.4. The predicted molar refractivity (Wildman–Crippen MR) is 104 cm³/mol. The Labute approximate surface area is 160 Å². The number of carbonyl (C=O) groups excluding carboxylic acids is 2. The van der Waals surface area contributed by atoms with Gasteiger partial charge in [-0.3, -0.25) is 9.59 Å². The molecule has 0 unspecified atom stereocenters. The molecule has 6 heteroatoms. The third-order valence-corrected chi connectivity index (χ3v) is 4.40. The Morgan fingerprint density at radius 1 is 0.889 bits per heavy atom. The van der Waals surface area contributed by atoms with Crippen molar-refractivity contribution in [1.82, 2.24) is 0 Å². The molecule has 0 radical (unpaired) electrons. The lowest BCUT2D eigenvalue weighted by Gasteiger charge is -2.23. The second-order valence-electron chi connectivity index (χ2n) is 6.04. The Kier molecular flexibility index (Phi) is 5.52. The first-order valence-corrected chi connectivity index (χ1v) is 8.61. The second-order valence-corrected chi connectivity index (χ2v) is 6.48. The number of Topliss-reactive ketones (excluding diaryl/α,β-unsaturated/α-hetero) is 1. The molecule has 27 heavy (non-hydrogen) atoms. The molecular weight excluding hydrogens is 366 g/mol. The van der Waals surface area contributed by atoms with E-state index in [0.29, 0.717) is 10.7 Å². The number of halogens is 1. The molecule has 0 atom stereocenters. The maximum absolute atomic E-state index is 12.6. The summed E-state index contributed by atoms with van der Waals surface area (Å²) in [7, 11) is 0. The van der Waals surface area contributed by atoms with Crippen LogP contribution in [0.15, 0.2) is 66.7 Å². The number of carboxylic acids is 1. The highest BCUT2D eigenvalue weighted by Crippen LogP contribution is 2.23. The Hall–Kier alpha value is -3.18. The van der Waals surface area contributed by atoms with E-state index >= 15 is 0 Å². The molecule has 136 valence electrons. The lowest BCUT2D eigenvalue weighted by molar-refractivity contribution is -0.150. The molecule has 0 bridgehead atoms. The Balaban J connectivity index is 1.92. The number of amides is 1. The highest BCUT2D eigenvalue weighted by atomic mass is 35.5. The third-order valence-electron chi connectivity index (χ3n) is 4.14. The summed E-state index contributed by atoms with van der Waals surface area (Å²) in [5, 5.41) is 11.4. The summed E-state index contributed by atoms with van der Waals surface area (Å²) in [5.74, 6) is -3.35. The quantitative estimate of drug-likeness (QED) is 0.516. The van der Waals surface area contributed by atoms with Gasteiger partial charge in [0.25, 0.3) is 0 Å². The number of carbonyl (C=O) groups is 3. The van der Waals surface area contributed by atoms with Gasteiger partial charge in [-0.05, 0) is 46.7 Å². The minimum atomic E-state index is -1.62. The molecule has 0 aliphatic rings. The van der Waals surface area contributed by atoms with Gasteiger partial charge in [0.2, 0.25) is 11.7 Å². The number of hydrogen-bond donors (Lipinski definition) is 1. The first kappa shape index (κ1) is 18.6. The SMILES string of the molecule is O=C(O)C(=O)CC(=O)N(Cc1ccc2ccccc2c1)c1ccc(Cl)cc1. The summed E-state index contributed by atoms with van der Waals surface area (Å²) in [6, 6.07) is 20.3. The van der Waals surface area contributed by atoms with Crippen LogP contribution in [0.3, 0.4) is 0 Å². The van der Waals surface area contributed by atoms with Crippen LogP contribution in [0.5, 0.6) is 0 Å². The summed E-state index contributed by atoms with van der Waals surface area (Å²) in [5.41, 5.74) is 1.40. The number of hydrogen-bond acceptors (Lipinski definition) is 3. The minimum Gasteiger partial charge on any atom is -0.475 e. The molecule has 3 aromatic rings. The summed E-state index contributed by atoms with van der Waals surface area (Å²) in [6.07, 6.45) is -0.703. The average Bonchev–Trinajstić information content (AvgIpc) is 2.66. The fourth-order valence-electron chi connectivity index (χ4n) is 2.77. The lowest BCUT2D eigenvalue weighted by Crippen LogP contribution is -2.33. The summed E-state index contributed by atoms with van der Waals surface area (Å²) >= 11 is 5.91. The van der Waals surface area contributed by atoms with Crippen molar-refractivity contribution in [3.8, 4) is 0 Å². The molecule has 0 aliphatic heterocycles. The van der Waals surface area contributed by atoms with E-state index in [0.717, 1.165) is 16.3 Å². The van der Waals surface area contributed by atoms with E-state index in [-0.39, 0.29) is 6.54 Å². The first-order valence-electron chi connectivity index (χ1n) is 8.24. The zero-order valence-corrected chi connectivity index (χ0v) is 15.0. The zero-order valence-electron chi connectivity index (χ0n) is 14.3. The second kappa shape index (κ2) is 8.01. The monoisotopic (exact) mass is 381 g/mol. The first-order chi connectivity index (χ1) is 12.9. The van der Waals surface area contributed by atoms with Crippen molar-refractivity contribution < 1.29 is 19.5 Å². The normalized spacial score (nSPS) is 10.6. The molecule has 1 N–H and O–H groups in total. The summed E-state index contributed by atoms with van der Waals surface area (Å²) < 4.78 is 0. The van der Waals surface area contributed by atoms with Crippen LogP contribution in [0, 0.1) is 0 Å². The number of nitrogens with zero attached hydrogens (tertiary/aromatic N) is 1. The van der Waals surface area contributed by atoms with E-state index in [9.17, 15) is 14.4 Å². The maximum atomic E-state index is 12.6. The molecule has 0 saturated heterocycles. The van der Waals surface area contributed by atoms with E-state index < -0.39 is 24.1 Å². The fourth-order valence-corrected chi connectivity index (χ4v) is 2.90. The van der Waals surface area contributed by atoms with Crippen LogP contribution in [0.1, 0.15) is 12.0 Å². The predicted octanol–water partition coefficient (Wildman–Crippen LogP) is 4.07. The van der Waals surface area contributed by atoms with Crippen LogP contribution >= 0.6 is 11.6 Å². The van der Waals surface area contributed by atoms with Crippen molar-refractivity contribution in [2.24, 2.45) is 0 Å². The van der Waals surface area contributed by atoms with Gasteiger partial charge >= 0.3 is 5.97 Å². The molecule has 0 aliphatic carbocycles. The van der Waals surface area contributed by atoms with Crippen molar-refractivity contribution in [1.29, 1.82) is 0 Å². The summed E-state index contributed by atoms with van der Waals surface area (Å²) in [6.45, 7) is 0.207. The van der Waals surface area contributed by atoms with Crippen LogP contribution in [-0.4, -0.2) is 22.8 Å². The van der Waals surface area contributed by atoms with Gasteiger partial charge < -0.3 is 10.0 Å². The van der Waals surface area contributed by atoms with Crippen molar-refractivity contribution in [2.75, 3.05) is 4.90 Å². The Morgan fingerprint density at radius 2 is 1.56 bits per heavy atom. The van der Waals surface area contributed by atoms with Crippen LogP contribution in [0.4, 0.5) is 5.69 Å². The van der Waals surface area contributed by atoms with E-state index in [4.69, 9.17) is 16.7 Å². The summed E-state index contributed by atoms with van der Waals surface area (Å²) in [4.78, 5) is 36.3. The Morgan fingerprint density at radius 3 is 2.22 bits per heavy atom. The molecule has 1 amide bonds. The molecule has 0 saturated carbocycles. The largest absolute Gasteiger partial charge is 0.475 e. The number of fused-ring (bicyclic) bond motifs is 1. The molecule has 3 rings (SSSR count). The average molecular weight is 382 g/mol. The highest BCUT2D eigenvalue weighted by Gasteiger charge is 2.23. The van der Waals surface area contributed by atoms with Crippen LogP contribution in [0.2, 0.25) is 5.02 Å². The van der Waals surface area contributed by atoms with E-state index in [1.807, 2.05) is 42.5 Å². The van der Waals surface area contributed by atoms with Gasteiger partial charge in [0.15, 0.2) is 0 Å².